The normalized spacial score (nSPS) is 18.6. The van der Waals surface area contributed by atoms with E-state index in [9.17, 15) is 13.2 Å². The molecule has 2 aliphatic rings. The van der Waals surface area contributed by atoms with E-state index in [1.54, 1.807) is 35.2 Å². The zero-order valence-corrected chi connectivity index (χ0v) is 18.2. The molecular weight excluding hydrogens is 432 g/mol. The van der Waals surface area contributed by atoms with Crippen molar-refractivity contribution in [2.24, 2.45) is 0 Å². The molecule has 1 unspecified atom stereocenters. The quantitative estimate of drug-likeness (QED) is 0.376. The molecule has 1 aliphatic carbocycles. The molecule has 3 aromatic rings. The van der Waals surface area contributed by atoms with Crippen molar-refractivity contribution >= 4 is 39.2 Å². The third-order valence-corrected chi connectivity index (χ3v) is 6.91. The summed E-state index contributed by atoms with van der Waals surface area (Å²) in [7, 11) is -4.00. The standard InChI is InChI=1S/C22H24N4O5S/c27-14-26(16-5-6-16)22-24-20-10-7-17(12-21(20)25-22)31-32(28,29)19-8-3-15(4-9-19)23-13-18-2-1-11-30-18/h3-4,7-10,12,14,16,18,23H,1-2,5-6,11,13H2,(H,24,25). The summed E-state index contributed by atoms with van der Waals surface area (Å²) in [6, 6.07) is 11.4. The van der Waals surface area contributed by atoms with Gasteiger partial charge in [-0.25, -0.2) is 4.98 Å². The number of benzene rings is 2. The van der Waals surface area contributed by atoms with Gasteiger partial charge in [-0.15, -0.1) is 0 Å². The fraction of sp³-hybridized carbons (Fsp3) is 0.364. The summed E-state index contributed by atoms with van der Waals surface area (Å²) in [4.78, 5) is 20.5. The number of carbonyl (C=O) groups excluding carboxylic acids is 1. The Morgan fingerprint density at radius 1 is 1.19 bits per heavy atom. The minimum absolute atomic E-state index is 0.0591. The number of H-pyrrole nitrogens is 1. The first kappa shape index (κ1) is 20.8. The number of nitrogens with one attached hydrogen (secondary N) is 2. The van der Waals surface area contributed by atoms with Crippen LogP contribution in [-0.2, 0) is 19.6 Å². The molecule has 9 nitrogen and oxygen atoms in total. The minimum Gasteiger partial charge on any atom is -0.382 e. The number of aromatic nitrogens is 2. The number of anilines is 2. The van der Waals surface area contributed by atoms with E-state index in [4.69, 9.17) is 8.92 Å². The van der Waals surface area contributed by atoms with Crippen molar-refractivity contribution in [3.05, 3.63) is 42.5 Å². The molecule has 0 bridgehead atoms. The Morgan fingerprint density at radius 2 is 2.00 bits per heavy atom. The van der Waals surface area contributed by atoms with Crippen LogP contribution in [0, 0.1) is 0 Å². The van der Waals surface area contributed by atoms with Crippen LogP contribution in [0.2, 0.25) is 0 Å². The number of amides is 1. The van der Waals surface area contributed by atoms with Crippen molar-refractivity contribution in [3.8, 4) is 5.75 Å². The molecule has 2 fully saturated rings. The molecule has 5 rings (SSSR count). The summed E-state index contributed by atoms with van der Waals surface area (Å²) in [6.45, 7) is 1.48. The predicted molar refractivity (Wildman–Crippen MR) is 119 cm³/mol. The van der Waals surface area contributed by atoms with E-state index < -0.39 is 10.1 Å². The Hall–Kier alpha value is -3.11. The first-order valence-corrected chi connectivity index (χ1v) is 12.1. The van der Waals surface area contributed by atoms with Crippen LogP contribution in [0.15, 0.2) is 47.4 Å². The molecule has 0 spiro atoms. The summed E-state index contributed by atoms with van der Waals surface area (Å²) < 4.78 is 36.4. The Bertz CT molecular complexity index is 1210. The number of ether oxygens (including phenoxy) is 1. The van der Waals surface area contributed by atoms with Crippen LogP contribution >= 0.6 is 0 Å². The van der Waals surface area contributed by atoms with Crippen molar-refractivity contribution in [1.29, 1.82) is 0 Å². The van der Waals surface area contributed by atoms with Gasteiger partial charge in [0.15, 0.2) is 0 Å². The Morgan fingerprint density at radius 3 is 2.69 bits per heavy atom. The largest absolute Gasteiger partial charge is 0.382 e. The van der Waals surface area contributed by atoms with Crippen LogP contribution in [0.4, 0.5) is 11.6 Å². The topological polar surface area (TPSA) is 114 Å². The minimum atomic E-state index is -4.00. The van der Waals surface area contributed by atoms with Gasteiger partial charge in [0.25, 0.3) is 0 Å². The molecule has 1 aromatic heterocycles. The van der Waals surface area contributed by atoms with Gasteiger partial charge in [-0.3, -0.25) is 9.69 Å². The lowest BCUT2D eigenvalue weighted by Crippen LogP contribution is -2.24. The fourth-order valence-electron chi connectivity index (χ4n) is 3.76. The van der Waals surface area contributed by atoms with Crippen molar-refractivity contribution in [1.82, 2.24) is 9.97 Å². The monoisotopic (exact) mass is 456 g/mol. The molecule has 1 saturated heterocycles. The van der Waals surface area contributed by atoms with Crippen LogP contribution in [0.3, 0.4) is 0 Å². The van der Waals surface area contributed by atoms with Crippen LogP contribution in [-0.4, -0.2) is 50.1 Å². The highest BCUT2D eigenvalue weighted by molar-refractivity contribution is 7.87. The average Bonchev–Trinajstić information content (AvgIpc) is 3.31. The Kier molecular flexibility index (Phi) is 5.48. The third kappa shape index (κ3) is 4.42. The number of carbonyl (C=O) groups is 1. The number of aromatic amines is 1. The summed E-state index contributed by atoms with van der Waals surface area (Å²) >= 11 is 0. The fourth-order valence-corrected chi connectivity index (χ4v) is 4.68. The average molecular weight is 457 g/mol. The number of imidazole rings is 1. The second-order valence-corrected chi connectivity index (χ2v) is 9.61. The number of hydrogen-bond donors (Lipinski definition) is 2. The maximum Gasteiger partial charge on any atom is 0.339 e. The molecule has 1 saturated carbocycles. The first-order chi connectivity index (χ1) is 15.5. The van der Waals surface area contributed by atoms with E-state index in [1.165, 1.54) is 12.1 Å². The SMILES string of the molecule is O=CN(c1nc2cc(OS(=O)(=O)c3ccc(NCC4CCCO4)cc3)ccc2[nH]1)C1CC1. The van der Waals surface area contributed by atoms with E-state index in [-0.39, 0.29) is 22.8 Å². The third-order valence-electron chi connectivity index (χ3n) is 5.65. The molecule has 168 valence electrons. The molecular formula is C22H24N4O5S. The number of rotatable bonds is 9. The highest BCUT2D eigenvalue weighted by Crippen LogP contribution is 2.31. The van der Waals surface area contributed by atoms with Gasteiger partial charge in [-0.1, -0.05) is 0 Å². The van der Waals surface area contributed by atoms with Crippen molar-refractivity contribution in [2.75, 3.05) is 23.4 Å². The van der Waals surface area contributed by atoms with Crippen molar-refractivity contribution in [2.45, 2.75) is 42.7 Å². The van der Waals surface area contributed by atoms with Crippen LogP contribution in [0.5, 0.6) is 5.75 Å². The van der Waals surface area contributed by atoms with Gasteiger partial charge < -0.3 is 19.2 Å². The maximum atomic E-state index is 12.7. The molecule has 1 amide bonds. The molecule has 2 N–H and O–H groups in total. The molecule has 1 atom stereocenters. The van der Waals surface area contributed by atoms with Gasteiger partial charge in [0, 0.05) is 30.9 Å². The zero-order valence-electron chi connectivity index (χ0n) is 17.4. The van der Waals surface area contributed by atoms with E-state index in [0.29, 0.717) is 23.5 Å². The summed E-state index contributed by atoms with van der Waals surface area (Å²) in [5.74, 6) is 0.601. The maximum absolute atomic E-state index is 12.7. The van der Waals surface area contributed by atoms with Gasteiger partial charge in [-0.05, 0) is 62.1 Å². The van der Waals surface area contributed by atoms with Gasteiger partial charge >= 0.3 is 10.1 Å². The molecule has 32 heavy (non-hydrogen) atoms. The van der Waals surface area contributed by atoms with Crippen molar-refractivity contribution in [3.63, 3.8) is 0 Å². The predicted octanol–water partition coefficient (Wildman–Crippen LogP) is 3.05. The Labute approximate surface area is 185 Å². The van der Waals surface area contributed by atoms with E-state index in [2.05, 4.69) is 15.3 Å². The molecule has 0 radical (unpaired) electrons. The van der Waals surface area contributed by atoms with Gasteiger partial charge in [0.1, 0.15) is 10.6 Å². The second-order valence-electron chi connectivity index (χ2n) is 8.06. The number of hydrogen-bond acceptors (Lipinski definition) is 7. The lowest BCUT2D eigenvalue weighted by molar-refractivity contribution is -0.107. The highest BCUT2D eigenvalue weighted by atomic mass is 32.2. The lowest BCUT2D eigenvalue weighted by Gasteiger charge is -2.12. The van der Waals surface area contributed by atoms with Gasteiger partial charge in [0.05, 0.1) is 17.1 Å². The lowest BCUT2D eigenvalue weighted by atomic mass is 10.2. The summed E-state index contributed by atoms with van der Waals surface area (Å²) in [6.07, 6.45) is 4.96. The van der Waals surface area contributed by atoms with Crippen molar-refractivity contribution < 1.29 is 22.1 Å². The van der Waals surface area contributed by atoms with E-state index >= 15 is 0 Å². The van der Waals surface area contributed by atoms with E-state index in [0.717, 1.165) is 44.4 Å². The summed E-state index contributed by atoms with van der Waals surface area (Å²) in [5, 5.41) is 3.26. The molecule has 2 aromatic carbocycles. The zero-order chi connectivity index (χ0) is 22.1. The van der Waals surface area contributed by atoms with Gasteiger partial charge in [0.2, 0.25) is 12.4 Å². The van der Waals surface area contributed by atoms with Crippen LogP contribution in [0.1, 0.15) is 25.7 Å². The highest BCUT2D eigenvalue weighted by Gasteiger charge is 2.31. The molecule has 1 aliphatic heterocycles. The van der Waals surface area contributed by atoms with Crippen LogP contribution < -0.4 is 14.4 Å². The number of fused-ring (bicyclic) bond motifs is 1. The summed E-state index contributed by atoms with van der Waals surface area (Å²) in [5.41, 5.74) is 2.04. The Balaban J connectivity index is 1.28. The van der Waals surface area contributed by atoms with Gasteiger partial charge in [-0.2, -0.15) is 8.42 Å². The number of nitrogens with zero attached hydrogens (tertiary/aromatic N) is 2. The smallest absolute Gasteiger partial charge is 0.339 e. The molecule has 10 heteroatoms. The van der Waals surface area contributed by atoms with E-state index in [1.807, 2.05) is 0 Å². The first-order valence-electron chi connectivity index (χ1n) is 10.7. The second kappa shape index (κ2) is 8.44. The molecule has 2 heterocycles. The van der Waals surface area contributed by atoms with Crippen LogP contribution in [0.25, 0.3) is 11.0 Å².